The van der Waals surface area contributed by atoms with E-state index in [0.29, 0.717) is 24.5 Å². The van der Waals surface area contributed by atoms with Gasteiger partial charge in [-0.15, -0.1) is 0 Å². The molecule has 0 fully saturated rings. The van der Waals surface area contributed by atoms with Gasteiger partial charge in [-0.2, -0.15) is 0 Å². The number of aromatic nitrogens is 1. The van der Waals surface area contributed by atoms with Gasteiger partial charge in [-0.05, 0) is 30.2 Å². The molecule has 0 spiro atoms. The number of ether oxygens (including phenoxy) is 1. The van der Waals surface area contributed by atoms with Crippen molar-refractivity contribution in [3.8, 4) is 5.75 Å². The second kappa shape index (κ2) is 8.40. The third kappa shape index (κ3) is 4.47. The molecule has 0 saturated carbocycles. The van der Waals surface area contributed by atoms with Crippen molar-refractivity contribution < 1.29 is 9.53 Å². The summed E-state index contributed by atoms with van der Waals surface area (Å²) in [6.45, 7) is 2.95. The highest BCUT2D eigenvalue weighted by molar-refractivity contribution is 5.90. The van der Waals surface area contributed by atoms with Crippen LogP contribution in [-0.2, 0) is 6.54 Å². The quantitative estimate of drug-likeness (QED) is 0.694. The maximum atomic E-state index is 12.8. The second-order valence-corrected chi connectivity index (χ2v) is 6.29. The molecule has 2 N–H and O–H groups in total. The van der Waals surface area contributed by atoms with Crippen LogP contribution in [0.2, 0.25) is 0 Å². The monoisotopic (exact) mass is 365 g/mol. The Hall–Kier alpha value is -3.28. The number of amides is 2. The van der Waals surface area contributed by atoms with Crippen molar-refractivity contribution in [2.75, 3.05) is 19.0 Å². The van der Waals surface area contributed by atoms with Crippen LogP contribution >= 0.6 is 0 Å². The number of anilines is 1. The Morgan fingerprint density at radius 1 is 1.15 bits per heavy atom. The summed E-state index contributed by atoms with van der Waals surface area (Å²) < 4.78 is 5.20. The largest absolute Gasteiger partial charge is 0.497 e. The molecular weight excluding hydrogens is 342 g/mol. The number of pyridine rings is 1. The number of benzene rings is 2. The van der Waals surface area contributed by atoms with Gasteiger partial charge in [0.05, 0.1) is 7.11 Å². The minimum atomic E-state index is -0.213. The molecule has 0 unspecified atom stereocenters. The van der Waals surface area contributed by atoms with Gasteiger partial charge in [0.1, 0.15) is 5.75 Å². The highest BCUT2D eigenvalue weighted by atomic mass is 16.5. The summed E-state index contributed by atoms with van der Waals surface area (Å²) in [6, 6.07) is 16.2. The van der Waals surface area contributed by atoms with Crippen LogP contribution in [-0.4, -0.2) is 29.6 Å². The number of rotatable bonds is 6. The Bertz CT molecular complexity index is 997. The number of H-pyrrole nitrogens is 1. The highest BCUT2D eigenvalue weighted by Crippen LogP contribution is 2.19. The lowest BCUT2D eigenvalue weighted by atomic mass is 10.1. The number of fused-ring (bicyclic) bond motifs is 1. The van der Waals surface area contributed by atoms with Gasteiger partial charge in [-0.1, -0.05) is 31.2 Å². The minimum absolute atomic E-state index is 0.173. The van der Waals surface area contributed by atoms with E-state index in [0.717, 1.165) is 22.9 Å². The molecule has 2 aromatic carbocycles. The van der Waals surface area contributed by atoms with E-state index in [-0.39, 0.29) is 11.6 Å². The molecule has 0 aliphatic rings. The normalized spacial score (nSPS) is 10.6. The fraction of sp³-hybridized carbons (Fsp3) is 0.238. The van der Waals surface area contributed by atoms with Crippen LogP contribution in [0.25, 0.3) is 10.9 Å². The van der Waals surface area contributed by atoms with Crippen LogP contribution in [0.5, 0.6) is 5.75 Å². The molecule has 0 aliphatic carbocycles. The van der Waals surface area contributed by atoms with Gasteiger partial charge in [-0.3, -0.25) is 4.79 Å². The molecule has 0 saturated heterocycles. The van der Waals surface area contributed by atoms with Crippen LogP contribution < -0.4 is 15.6 Å². The summed E-state index contributed by atoms with van der Waals surface area (Å²) in [7, 11) is 1.59. The van der Waals surface area contributed by atoms with Gasteiger partial charge in [-0.25, -0.2) is 4.79 Å². The lowest BCUT2D eigenvalue weighted by Crippen LogP contribution is -2.35. The smallest absolute Gasteiger partial charge is 0.322 e. The Morgan fingerprint density at radius 3 is 2.74 bits per heavy atom. The molecule has 6 nitrogen and oxygen atoms in total. The summed E-state index contributed by atoms with van der Waals surface area (Å²) in [5.74, 6) is 0.676. The number of para-hydroxylation sites is 1. The van der Waals surface area contributed by atoms with Crippen LogP contribution in [0.3, 0.4) is 0 Å². The summed E-state index contributed by atoms with van der Waals surface area (Å²) in [5.41, 5.74) is 2.08. The van der Waals surface area contributed by atoms with E-state index >= 15 is 0 Å². The summed E-state index contributed by atoms with van der Waals surface area (Å²) >= 11 is 0. The zero-order chi connectivity index (χ0) is 19.2. The van der Waals surface area contributed by atoms with Crippen molar-refractivity contribution in [3.63, 3.8) is 0 Å². The standard InChI is InChI=1S/C21H23N3O3/c1-3-11-24(21(26)22-16-7-6-8-17(13-16)27-2)14-15-12-20(25)23-19-10-5-4-9-18(15)19/h4-10,12-13H,3,11,14H2,1-2H3,(H,22,26)(H,23,25). The molecule has 140 valence electrons. The zero-order valence-electron chi connectivity index (χ0n) is 15.5. The van der Waals surface area contributed by atoms with E-state index in [4.69, 9.17) is 4.74 Å². The first kappa shape index (κ1) is 18.5. The number of methoxy groups -OCH3 is 1. The highest BCUT2D eigenvalue weighted by Gasteiger charge is 2.15. The number of carbonyl (C=O) groups excluding carboxylic acids is 1. The fourth-order valence-corrected chi connectivity index (χ4v) is 3.04. The topological polar surface area (TPSA) is 74.4 Å². The lowest BCUT2D eigenvalue weighted by molar-refractivity contribution is 0.209. The fourth-order valence-electron chi connectivity index (χ4n) is 3.04. The molecular formula is C21H23N3O3. The van der Waals surface area contributed by atoms with E-state index in [1.807, 2.05) is 49.4 Å². The number of nitrogens with one attached hydrogen (secondary N) is 2. The van der Waals surface area contributed by atoms with E-state index in [2.05, 4.69) is 10.3 Å². The number of carbonyl (C=O) groups is 1. The van der Waals surface area contributed by atoms with Crippen molar-refractivity contribution in [2.24, 2.45) is 0 Å². The average molecular weight is 365 g/mol. The van der Waals surface area contributed by atoms with E-state index in [1.165, 1.54) is 0 Å². The predicted molar refractivity (Wildman–Crippen MR) is 107 cm³/mol. The number of hydrogen-bond acceptors (Lipinski definition) is 3. The van der Waals surface area contributed by atoms with Crippen molar-refractivity contribution in [1.82, 2.24) is 9.88 Å². The van der Waals surface area contributed by atoms with Crippen LogP contribution in [0, 0.1) is 0 Å². The Labute approximate surface area is 157 Å². The van der Waals surface area contributed by atoms with Crippen LogP contribution in [0.15, 0.2) is 59.4 Å². The maximum absolute atomic E-state index is 12.8. The zero-order valence-corrected chi connectivity index (χ0v) is 15.5. The van der Waals surface area contributed by atoms with Gasteiger partial charge >= 0.3 is 6.03 Å². The Kier molecular flexibility index (Phi) is 5.76. The van der Waals surface area contributed by atoms with Gasteiger partial charge in [0.15, 0.2) is 0 Å². The molecule has 0 radical (unpaired) electrons. The van der Waals surface area contributed by atoms with Gasteiger partial charge in [0, 0.05) is 41.8 Å². The number of nitrogens with zero attached hydrogens (tertiary/aromatic N) is 1. The lowest BCUT2D eigenvalue weighted by Gasteiger charge is -2.23. The first-order valence-corrected chi connectivity index (χ1v) is 8.91. The third-order valence-corrected chi connectivity index (χ3v) is 4.30. The minimum Gasteiger partial charge on any atom is -0.497 e. The molecule has 0 bridgehead atoms. The summed E-state index contributed by atoms with van der Waals surface area (Å²) in [4.78, 5) is 29.3. The molecule has 3 aromatic rings. The number of aromatic amines is 1. The van der Waals surface area contributed by atoms with Crippen molar-refractivity contribution in [3.05, 3.63) is 70.5 Å². The van der Waals surface area contributed by atoms with Gasteiger partial charge in [0.25, 0.3) is 0 Å². The maximum Gasteiger partial charge on any atom is 0.322 e. The average Bonchev–Trinajstić information content (AvgIpc) is 2.67. The second-order valence-electron chi connectivity index (χ2n) is 6.29. The molecule has 2 amide bonds. The molecule has 0 atom stereocenters. The third-order valence-electron chi connectivity index (χ3n) is 4.30. The number of hydrogen-bond donors (Lipinski definition) is 2. The first-order valence-electron chi connectivity index (χ1n) is 8.91. The Morgan fingerprint density at radius 2 is 1.96 bits per heavy atom. The first-order chi connectivity index (χ1) is 13.1. The summed E-state index contributed by atoms with van der Waals surface area (Å²) in [5, 5.41) is 3.84. The van der Waals surface area contributed by atoms with Crippen molar-refractivity contribution in [1.29, 1.82) is 0 Å². The van der Waals surface area contributed by atoms with Crippen molar-refractivity contribution in [2.45, 2.75) is 19.9 Å². The van der Waals surface area contributed by atoms with E-state index in [1.54, 1.807) is 24.1 Å². The summed E-state index contributed by atoms with van der Waals surface area (Å²) in [6.07, 6.45) is 0.812. The van der Waals surface area contributed by atoms with Gasteiger partial charge < -0.3 is 19.9 Å². The van der Waals surface area contributed by atoms with E-state index < -0.39 is 0 Å². The van der Waals surface area contributed by atoms with Crippen LogP contribution in [0.4, 0.5) is 10.5 Å². The van der Waals surface area contributed by atoms with Crippen LogP contribution in [0.1, 0.15) is 18.9 Å². The molecule has 1 aromatic heterocycles. The predicted octanol–water partition coefficient (Wildman–Crippen LogP) is 3.98. The van der Waals surface area contributed by atoms with Gasteiger partial charge in [0.2, 0.25) is 5.56 Å². The van der Waals surface area contributed by atoms with E-state index in [9.17, 15) is 9.59 Å². The molecule has 1 heterocycles. The molecule has 27 heavy (non-hydrogen) atoms. The number of urea groups is 1. The van der Waals surface area contributed by atoms with Crippen molar-refractivity contribution >= 4 is 22.6 Å². The molecule has 3 rings (SSSR count). The molecule has 6 heteroatoms. The Balaban J connectivity index is 1.85. The SMILES string of the molecule is CCCN(Cc1cc(=O)[nH]c2ccccc12)C(=O)Nc1cccc(OC)c1. The molecule has 0 aliphatic heterocycles.